The molecule has 1 atom stereocenters. The van der Waals surface area contributed by atoms with Gasteiger partial charge in [-0.2, -0.15) is 5.10 Å². The van der Waals surface area contributed by atoms with Gasteiger partial charge in [0.1, 0.15) is 0 Å². The van der Waals surface area contributed by atoms with Crippen LogP contribution in [0.15, 0.2) is 34.9 Å². The minimum Gasteiger partial charge on any atom is -0.370 e. The van der Waals surface area contributed by atoms with E-state index in [9.17, 15) is 9.90 Å². The first-order valence-corrected chi connectivity index (χ1v) is 6.73. The summed E-state index contributed by atoms with van der Waals surface area (Å²) in [6.07, 6.45) is 1.59. The quantitative estimate of drug-likeness (QED) is 0.887. The second-order valence-electron chi connectivity index (χ2n) is 4.37. The summed E-state index contributed by atoms with van der Waals surface area (Å²) in [5, 5.41) is 17.8. The number of fused-ring (bicyclic) bond motifs is 1. The van der Waals surface area contributed by atoms with Gasteiger partial charge < -0.3 is 10.4 Å². The van der Waals surface area contributed by atoms with Crippen LogP contribution in [-0.2, 0) is 16.9 Å². The first kappa shape index (κ1) is 12.4. The van der Waals surface area contributed by atoms with Gasteiger partial charge in [0, 0.05) is 17.8 Å². The van der Waals surface area contributed by atoms with Crippen LogP contribution in [0.25, 0.3) is 0 Å². The number of aliphatic hydroxyl groups is 1. The van der Waals surface area contributed by atoms with E-state index in [4.69, 9.17) is 0 Å². The SMILES string of the molecule is CCn1ncc(Br)c1C1(O)C(=O)Nc2ccccc21. The Morgan fingerprint density at radius 2 is 2.21 bits per heavy atom. The molecule has 1 aromatic heterocycles. The molecular weight excluding hydrogens is 310 g/mol. The highest BCUT2D eigenvalue weighted by atomic mass is 79.9. The molecular formula is C13H12BrN3O2. The average Bonchev–Trinajstić information content (AvgIpc) is 2.90. The highest BCUT2D eigenvalue weighted by Gasteiger charge is 2.50. The van der Waals surface area contributed by atoms with Crippen molar-refractivity contribution in [3.05, 3.63) is 46.2 Å². The highest BCUT2D eigenvalue weighted by molar-refractivity contribution is 9.10. The lowest BCUT2D eigenvalue weighted by atomic mass is 9.91. The van der Waals surface area contributed by atoms with Crippen molar-refractivity contribution < 1.29 is 9.90 Å². The van der Waals surface area contributed by atoms with Gasteiger partial charge in [-0.05, 0) is 28.9 Å². The van der Waals surface area contributed by atoms with Crippen LogP contribution < -0.4 is 5.32 Å². The summed E-state index contributed by atoms with van der Waals surface area (Å²) in [7, 11) is 0. The van der Waals surface area contributed by atoms with Gasteiger partial charge in [0.15, 0.2) is 0 Å². The third kappa shape index (κ3) is 1.56. The number of anilines is 1. The summed E-state index contributed by atoms with van der Waals surface area (Å²) in [6.45, 7) is 2.48. The minimum atomic E-state index is -1.71. The molecule has 1 amide bonds. The van der Waals surface area contributed by atoms with Gasteiger partial charge >= 0.3 is 0 Å². The first-order valence-electron chi connectivity index (χ1n) is 5.94. The van der Waals surface area contributed by atoms with Gasteiger partial charge in [0.05, 0.1) is 16.4 Å². The van der Waals surface area contributed by atoms with E-state index >= 15 is 0 Å². The predicted octanol–water partition coefficient (Wildman–Crippen LogP) is 1.85. The molecule has 2 aromatic rings. The van der Waals surface area contributed by atoms with Crippen molar-refractivity contribution in [3.8, 4) is 0 Å². The van der Waals surface area contributed by atoms with Crippen molar-refractivity contribution in [2.24, 2.45) is 0 Å². The normalized spacial score (nSPS) is 21.3. The lowest BCUT2D eigenvalue weighted by Crippen LogP contribution is -2.38. The van der Waals surface area contributed by atoms with E-state index in [2.05, 4.69) is 26.3 Å². The molecule has 2 N–H and O–H groups in total. The summed E-state index contributed by atoms with van der Waals surface area (Å²) < 4.78 is 2.23. The number of hydrogen-bond acceptors (Lipinski definition) is 3. The summed E-state index contributed by atoms with van der Waals surface area (Å²) in [5.41, 5.74) is -0.0684. The molecule has 2 heterocycles. The van der Waals surface area contributed by atoms with Crippen LogP contribution >= 0.6 is 15.9 Å². The number of nitrogens with one attached hydrogen (secondary N) is 1. The molecule has 1 unspecified atom stereocenters. The number of para-hydroxylation sites is 1. The number of hydrogen-bond donors (Lipinski definition) is 2. The van der Waals surface area contributed by atoms with Gasteiger partial charge in [0.25, 0.3) is 5.91 Å². The Labute approximate surface area is 118 Å². The monoisotopic (exact) mass is 321 g/mol. The van der Waals surface area contributed by atoms with Crippen molar-refractivity contribution >= 4 is 27.5 Å². The molecule has 0 fully saturated rings. The van der Waals surface area contributed by atoms with E-state index in [-0.39, 0.29) is 0 Å². The third-order valence-electron chi connectivity index (χ3n) is 3.33. The second kappa shape index (κ2) is 4.18. The van der Waals surface area contributed by atoms with Crippen LogP contribution in [0.1, 0.15) is 18.2 Å². The Hall–Kier alpha value is -1.66. The number of carbonyl (C=O) groups excluding carboxylic acids is 1. The number of amides is 1. The highest BCUT2D eigenvalue weighted by Crippen LogP contribution is 2.42. The molecule has 98 valence electrons. The molecule has 0 radical (unpaired) electrons. The van der Waals surface area contributed by atoms with E-state index in [0.29, 0.717) is 28.0 Å². The van der Waals surface area contributed by atoms with Gasteiger partial charge in [-0.1, -0.05) is 18.2 Å². The van der Waals surface area contributed by atoms with Gasteiger partial charge in [-0.25, -0.2) is 0 Å². The lowest BCUT2D eigenvalue weighted by molar-refractivity contribution is -0.130. The minimum absolute atomic E-state index is 0.454. The van der Waals surface area contributed by atoms with Crippen molar-refractivity contribution in [2.75, 3.05) is 5.32 Å². The van der Waals surface area contributed by atoms with E-state index < -0.39 is 11.5 Å². The van der Waals surface area contributed by atoms with Crippen molar-refractivity contribution in [2.45, 2.75) is 19.1 Å². The zero-order valence-corrected chi connectivity index (χ0v) is 11.8. The van der Waals surface area contributed by atoms with Crippen molar-refractivity contribution in [1.29, 1.82) is 0 Å². The number of benzene rings is 1. The number of carbonyl (C=O) groups is 1. The zero-order chi connectivity index (χ0) is 13.6. The molecule has 0 saturated carbocycles. The summed E-state index contributed by atoms with van der Waals surface area (Å²) in [5.74, 6) is -0.454. The van der Waals surface area contributed by atoms with Crippen LogP contribution in [0, 0.1) is 0 Å². The molecule has 0 spiro atoms. The molecule has 19 heavy (non-hydrogen) atoms. The van der Waals surface area contributed by atoms with Crippen LogP contribution in [0.3, 0.4) is 0 Å². The predicted molar refractivity (Wildman–Crippen MR) is 73.7 cm³/mol. The maximum absolute atomic E-state index is 12.2. The third-order valence-corrected chi connectivity index (χ3v) is 3.91. The summed E-state index contributed by atoms with van der Waals surface area (Å²) in [6, 6.07) is 7.13. The molecule has 1 aromatic carbocycles. The number of aromatic nitrogens is 2. The number of nitrogens with zero attached hydrogens (tertiary/aromatic N) is 2. The zero-order valence-electron chi connectivity index (χ0n) is 10.2. The van der Waals surface area contributed by atoms with Gasteiger partial charge in [0.2, 0.25) is 5.60 Å². The van der Waals surface area contributed by atoms with Crippen LogP contribution in [0.4, 0.5) is 5.69 Å². The Kier molecular flexibility index (Phi) is 2.72. The van der Waals surface area contributed by atoms with E-state index in [1.807, 2.05) is 13.0 Å². The molecule has 1 aliphatic heterocycles. The molecule has 0 saturated heterocycles. The Balaban J connectivity index is 2.28. The molecule has 5 nitrogen and oxygen atoms in total. The van der Waals surface area contributed by atoms with Crippen LogP contribution in [-0.4, -0.2) is 20.8 Å². The molecule has 1 aliphatic rings. The molecule has 0 bridgehead atoms. The molecule has 6 heteroatoms. The molecule has 0 aliphatic carbocycles. The topological polar surface area (TPSA) is 67.1 Å². The number of rotatable bonds is 2. The Bertz CT molecular complexity index is 668. The van der Waals surface area contributed by atoms with Gasteiger partial charge in [-0.3, -0.25) is 9.48 Å². The summed E-state index contributed by atoms with van der Waals surface area (Å²) >= 11 is 3.36. The fourth-order valence-electron chi connectivity index (χ4n) is 2.44. The lowest BCUT2D eigenvalue weighted by Gasteiger charge is -2.22. The largest absolute Gasteiger partial charge is 0.370 e. The number of halogens is 1. The fourth-order valence-corrected chi connectivity index (χ4v) is 3.02. The van der Waals surface area contributed by atoms with Gasteiger partial charge in [-0.15, -0.1) is 0 Å². The Morgan fingerprint density at radius 3 is 2.95 bits per heavy atom. The first-order chi connectivity index (χ1) is 9.09. The maximum atomic E-state index is 12.2. The van der Waals surface area contributed by atoms with E-state index in [1.54, 1.807) is 29.1 Å². The van der Waals surface area contributed by atoms with E-state index in [0.717, 1.165) is 0 Å². The van der Waals surface area contributed by atoms with E-state index in [1.165, 1.54) is 0 Å². The maximum Gasteiger partial charge on any atom is 0.267 e. The van der Waals surface area contributed by atoms with Crippen LogP contribution in [0.5, 0.6) is 0 Å². The number of aryl methyl sites for hydroxylation is 1. The smallest absolute Gasteiger partial charge is 0.267 e. The second-order valence-corrected chi connectivity index (χ2v) is 5.22. The standard InChI is InChI=1S/C13H12BrN3O2/c1-2-17-11(9(14)7-15-17)13(19)8-5-3-4-6-10(8)16-12(13)18/h3-7,19H,2H2,1H3,(H,16,18). The average molecular weight is 322 g/mol. The molecule has 3 rings (SSSR count). The fraction of sp³-hybridized carbons (Fsp3) is 0.231. The van der Waals surface area contributed by atoms with Crippen molar-refractivity contribution in [3.63, 3.8) is 0 Å². The van der Waals surface area contributed by atoms with Crippen molar-refractivity contribution in [1.82, 2.24) is 9.78 Å². The van der Waals surface area contributed by atoms with Crippen LogP contribution in [0.2, 0.25) is 0 Å². The summed E-state index contributed by atoms with van der Waals surface area (Å²) in [4.78, 5) is 12.2. The Morgan fingerprint density at radius 1 is 1.47 bits per heavy atom.